The molecule has 0 unspecified atom stereocenters. The lowest BCUT2D eigenvalue weighted by molar-refractivity contribution is 0.392. The van der Waals surface area contributed by atoms with Gasteiger partial charge < -0.3 is 10.3 Å². The third-order valence-corrected chi connectivity index (χ3v) is 4.56. The molecule has 0 radical (unpaired) electrons. The normalized spacial score (nSPS) is 11.8. The monoisotopic (exact) mass is 309 g/mol. The average Bonchev–Trinajstić information content (AvgIpc) is 2.76. The number of hydrogen-bond acceptors (Lipinski definition) is 5. The minimum absolute atomic E-state index is 0.0682. The number of sulfonamides is 1. The molecule has 2 aromatic rings. The number of nitrogens with two attached hydrogens (primary N) is 1. The molecule has 1 aromatic heterocycles. The Kier molecular flexibility index (Phi) is 4.76. The molecule has 21 heavy (non-hydrogen) atoms. The first-order valence-electron chi connectivity index (χ1n) is 6.58. The van der Waals surface area contributed by atoms with Crippen molar-refractivity contribution in [3.63, 3.8) is 0 Å². The van der Waals surface area contributed by atoms with Crippen LogP contribution in [0.2, 0.25) is 0 Å². The van der Waals surface area contributed by atoms with Crippen LogP contribution in [-0.2, 0) is 28.9 Å². The molecule has 7 heteroatoms. The fraction of sp³-hybridized carbons (Fsp3) is 0.357. The second-order valence-corrected chi connectivity index (χ2v) is 6.71. The average molecular weight is 309 g/mol. The van der Waals surface area contributed by atoms with Crippen LogP contribution >= 0.6 is 0 Å². The van der Waals surface area contributed by atoms with Crippen LogP contribution in [0.25, 0.3) is 0 Å². The van der Waals surface area contributed by atoms with Crippen LogP contribution in [0.1, 0.15) is 28.1 Å². The second-order valence-electron chi connectivity index (χ2n) is 4.90. The van der Waals surface area contributed by atoms with Gasteiger partial charge in [0.25, 0.3) is 0 Å². The van der Waals surface area contributed by atoms with Crippen molar-refractivity contribution in [1.29, 1.82) is 0 Å². The number of aryl methyl sites for hydroxylation is 2. The molecule has 0 saturated carbocycles. The fourth-order valence-corrected chi connectivity index (χ4v) is 3.08. The van der Waals surface area contributed by atoms with Crippen LogP contribution in [0.15, 0.2) is 28.8 Å². The summed E-state index contributed by atoms with van der Waals surface area (Å²) in [7, 11) is -3.41. The molecule has 1 heterocycles. The lowest BCUT2D eigenvalue weighted by atomic mass is 10.1. The molecule has 0 aliphatic rings. The Balaban J connectivity index is 2.01. The van der Waals surface area contributed by atoms with Crippen LogP contribution in [-0.4, -0.2) is 13.6 Å². The topological polar surface area (TPSA) is 98.2 Å². The molecule has 2 rings (SSSR count). The van der Waals surface area contributed by atoms with E-state index in [1.54, 1.807) is 26.0 Å². The van der Waals surface area contributed by atoms with Gasteiger partial charge in [-0.05, 0) is 25.0 Å². The quantitative estimate of drug-likeness (QED) is 0.839. The van der Waals surface area contributed by atoms with Crippen molar-refractivity contribution in [2.45, 2.75) is 32.7 Å². The summed E-state index contributed by atoms with van der Waals surface area (Å²) in [5, 5.41) is 3.80. The highest BCUT2D eigenvalue weighted by atomic mass is 32.2. The number of benzene rings is 1. The van der Waals surface area contributed by atoms with Gasteiger partial charge >= 0.3 is 0 Å². The predicted molar refractivity (Wildman–Crippen MR) is 79.8 cm³/mol. The van der Waals surface area contributed by atoms with Gasteiger partial charge in [0.05, 0.1) is 11.4 Å². The zero-order chi connectivity index (χ0) is 15.5. The van der Waals surface area contributed by atoms with Crippen molar-refractivity contribution in [1.82, 2.24) is 9.88 Å². The van der Waals surface area contributed by atoms with E-state index < -0.39 is 10.0 Å². The van der Waals surface area contributed by atoms with Gasteiger partial charge in [0.2, 0.25) is 10.0 Å². The van der Waals surface area contributed by atoms with Gasteiger partial charge in [0.1, 0.15) is 5.76 Å². The van der Waals surface area contributed by atoms with Gasteiger partial charge in [-0.3, -0.25) is 0 Å². The van der Waals surface area contributed by atoms with Crippen LogP contribution < -0.4 is 10.5 Å². The first-order valence-corrected chi connectivity index (χ1v) is 8.23. The van der Waals surface area contributed by atoms with Crippen LogP contribution in [0.3, 0.4) is 0 Å². The van der Waals surface area contributed by atoms with E-state index in [4.69, 9.17) is 10.3 Å². The van der Waals surface area contributed by atoms with E-state index in [-0.39, 0.29) is 12.3 Å². The summed E-state index contributed by atoms with van der Waals surface area (Å²) in [5.41, 5.74) is 8.68. The third-order valence-electron chi connectivity index (χ3n) is 3.27. The van der Waals surface area contributed by atoms with Gasteiger partial charge in [0, 0.05) is 18.7 Å². The molecular formula is C14H19N3O3S. The van der Waals surface area contributed by atoms with E-state index in [9.17, 15) is 8.42 Å². The first-order chi connectivity index (χ1) is 9.91. The van der Waals surface area contributed by atoms with Crippen molar-refractivity contribution >= 4 is 10.0 Å². The molecule has 1 aromatic carbocycles. The number of aromatic nitrogens is 1. The summed E-state index contributed by atoms with van der Waals surface area (Å²) in [4.78, 5) is 0. The van der Waals surface area contributed by atoms with E-state index in [1.807, 2.05) is 12.1 Å². The lowest BCUT2D eigenvalue weighted by Gasteiger charge is -2.07. The van der Waals surface area contributed by atoms with Crippen LogP contribution in [0.5, 0.6) is 0 Å². The van der Waals surface area contributed by atoms with E-state index >= 15 is 0 Å². The highest BCUT2D eigenvalue weighted by molar-refractivity contribution is 7.88. The molecule has 0 aliphatic heterocycles. The Morgan fingerprint density at radius 2 is 1.81 bits per heavy atom. The Morgan fingerprint density at radius 3 is 2.33 bits per heavy atom. The van der Waals surface area contributed by atoms with E-state index in [1.165, 1.54) is 0 Å². The Labute approximate surface area is 124 Å². The molecule has 6 nitrogen and oxygen atoms in total. The van der Waals surface area contributed by atoms with Crippen molar-refractivity contribution < 1.29 is 12.9 Å². The summed E-state index contributed by atoms with van der Waals surface area (Å²) in [5.74, 6) is 0.559. The van der Waals surface area contributed by atoms with Gasteiger partial charge in [-0.15, -0.1) is 0 Å². The van der Waals surface area contributed by atoms with Crippen molar-refractivity contribution in [3.05, 3.63) is 52.4 Å². The third kappa shape index (κ3) is 4.13. The van der Waals surface area contributed by atoms with Crippen molar-refractivity contribution in [3.8, 4) is 0 Å². The molecular weight excluding hydrogens is 290 g/mol. The number of rotatable bonds is 6. The maximum atomic E-state index is 12.1. The van der Waals surface area contributed by atoms with Gasteiger partial charge in [-0.1, -0.05) is 29.4 Å². The zero-order valence-electron chi connectivity index (χ0n) is 12.1. The smallest absolute Gasteiger partial charge is 0.216 e. The standard InChI is InChI=1S/C14H19N3O3S/c1-10-14(11(2)20-17-10)8-16-21(18,19)9-13-5-3-12(7-15)4-6-13/h3-6,16H,7-9,15H2,1-2H3. The largest absolute Gasteiger partial charge is 0.361 e. The maximum absolute atomic E-state index is 12.1. The molecule has 0 atom stereocenters. The molecule has 0 fully saturated rings. The lowest BCUT2D eigenvalue weighted by Crippen LogP contribution is -2.25. The van der Waals surface area contributed by atoms with Crippen molar-refractivity contribution in [2.24, 2.45) is 5.73 Å². The van der Waals surface area contributed by atoms with Crippen molar-refractivity contribution in [2.75, 3.05) is 0 Å². The highest BCUT2D eigenvalue weighted by Gasteiger charge is 2.15. The van der Waals surface area contributed by atoms with E-state index in [0.717, 1.165) is 16.7 Å². The Bertz CT molecular complexity index is 686. The molecule has 0 bridgehead atoms. The molecule has 0 aliphatic carbocycles. The van der Waals surface area contributed by atoms with Gasteiger partial charge in [-0.2, -0.15) is 0 Å². The highest BCUT2D eigenvalue weighted by Crippen LogP contribution is 2.13. The van der Waals surface area contributed by atoms with Crippen LogP contribution in [0.4, 0.5) is 0 Å². The summed E-state index contributed by atoms with van der Waals surface area (Å²) < 4.78 is 31.7. The number of nitrogens with zero attached hydrogens (tertiary/aromatic N) is 1. The molecule has 0 amide bonds. The van der Waals surface area contributed by atoms with Crippen LogP contribution in [0, 0.1) is 13.8 Å². The van der Waals surface area contributed by atoms with Gasteiger partial charge in [0.15, 0.2) is 0 Å². The predicted octanol–water partition coefficient (Wildman–Crippen LogP) is 1.37. The molecule has 0 saturated heterocycles. The second kappa shape index (κ2) is 6.38. The summed E-state index contributed by atoms with van der Waals surface area (Å²) in [6.07, 6.45) is 0. The molecule has 3 N–H and O–H groups in total. The Morgan fingerprint density at radius 1 is 1.19 bits per heavy atom. The van der Waals surface area contributed by atoms with E-state index in [2.05, 4.69) is 9.88 Å². The maximum Gasteiger partial charge on any atom is 0.216 e. The minimum atomic E-state index is -3.41. The number of nitrogens with one attached hydrogen (secondary N) is 1. The summed E-state index contributed by atoms with van der Waals surface area (Å²) in [6, 6.07) is 7.22. The fourth-order valence-electron chi connectivity index (χ4n) is 1.98. The SMILES string of the molecule is Cc1noc(C)c1CNS(=O)(=O)Cc1ccc(CN)cc1. The summed E-state index contributed by atoms with van der Waals surface area (Å²) in [6.45, 7) is 4.17. The van der Waals surface area contributed by atoms with Gasteiger partial charge in [-0.25, -0.2) is 13.1 Å². The zero-order valence-corrected chi connectivity index (χ0v) is 12.9. The Hall–Kier alpha value is -1.70. The minimum Gasteiger partial charge on any atom is -0.361 e. The van der Waals surface area contributed by atoms with E-state index in [0.29, 0.717) is 18.0 Å². The number of hydrogen-bond donors (Lipinski definition) is 2. The molecule has 114 valence electrons. The summed E-state index contributed by atoms with van der Waals surface area (Å²) >= 11 is 0. The molecule has 0 spiro atoms. The first kappa shape index (κ1) is 15.7.